The number of carbonyl (C=O) groups excluding carboxylic acids is 1. The first-order chi connectivity index (χ1) is 12.5. The summed E-state index contributed by atoms with van der Waals surface area (Å²) in [6.45, 7) is -0.0570. The summed E-state index contributed by atoms with van der Waals surface area (Å²) >= 11 is 7.82. The third-order valence-corrected chi connectivity index (χ3v) is 4.85. The van der Waals surface area contributed by atoms with E-state index in [0.717, 1.165) is 21.9 Å². The number of nitrogens with zero attached hydrogens (tertiary/aromatic N) is 1. The van der Waals surface area contributed by atoms with Crippen molar-refractivity contribution >= 4 is 40.2 Å². The van der Waals surface area contributed by atoms with Crippen molar-refractivity contribution in [2.24, 2.45) is 0 Å². The molecular weight excluding hydrogens is 377 g/mol. The molecule has 0 fully saturated rings. The second-order valence-corrected chi connectivity index (χ2v) is 6.66. The SMILES string of the molecule is COc1ccc(C(=O)OCc2cc3ccc(SC)cc3nc2Cl)cc1F. The van der Waals surface area contributed by atoms with Crippen LogP contribution >= 0.6 is 23.4 Å². The fourth-order valence-electron chi connectivity index (χ4n) is 2.42. The first-order valence-corrected chi connectivity index (χ1v) is 9.26. The Bertz CT molecular complexity index is 980. The number of halogens is 2. The van der Waals surface area contributed by atoms with Crippen LogP contribution in [0.15, 0.2) is 47.4 Å². The molecule has 26 heavy (non-hydrogen) atoms. The molecule has 3 aromatic rings. The number of aromatic nitrogens is 1. The van der Waals surface area contributed by atoms with Gasteiger partial charge in [0, 0.05) is 15.8 Å². The van der Waals surface area contributed by atoms with E-state index in [1.54, 1.807) is 11.8 Å². The molecule has 1 aromatic heterocycles. The van der Waals surface area contributed by atoms with E-state index in [4.69, 9.17) is 21.1 Å². The number of ether oxygens (including phenoxy) is 2. The lowest BCUT2D eigenvalue weighted by molar-refractivity contribution is 0.0472. The number of rotatable bonds is 5. The Hall–Kier alpha value is -2.31. The Morgan fingerprint density at radius 3 is 2.73 bits per heavy atom. The summed E-state index contributed by atoms with van der Waals surface area (Å²) in [5, 5.41) is 1.17. The number of esters is 1. The third-order valence-electron chi connectivity index (χ3n) is 3.80. The fourth-order valence-corrected chi connectivity index (χ4v) is 3.05. The molecule has 0 bridgehead atoms. The summed E-state index contributed by atoms with van der Waals surface area (Å²) in [6, 6.07) is 11.6. The highest BCUT2D eigenvalue weighted by atomic mass is 35.5. The number of benzene rings is 2. The number of hydrogen-bond acceptors (Lipinski definition) is 5. The van der Waals surface area contributed by atoms with Gasteiger partial charge in [-0.15, -0.1) is 11.8 Å². The Balaban J connectivity index is 1.77. The van der Waals surface area contributed by atoms with Crippen molar-refractivity contribution in [3.8, 4) is 5.75 Å². The van der Waals surface area contributed by atoms with E-state index in [9.17, 15) is 9.18 Å². The first kappa shape index (κ1) is 18.5. The molecule has 1 heterocycles. The molecule has 7 heteroatoms. The Kier molecular flexibility index (Phi) is 5.64. The van der Waals surface area contributed by atoms with Gasteiger partial charge in [-0.25, -0.2) is 14.2 Å². The normalized spacial score (nSPS) is 10.8. The minimum atomic E-state index is -0.652. The smallest absolute Gasteiger partial charge is 0.338 e. The summed E-state index contributed by atoms with van der Waals surface area (Å²) in [7, 11) is 1.35. The van der Waals surface area contributed by atoms with E-state index in [2.05, 4.69) is 4.98 Å². The topological polar surface area (TPSA) is 48.4 Å². The van der Waals surface area contributed by atoms with Crippen molar-refractivity contribution < 1.29 is 18.7 Å². The van der Waals surface area contributed by atoms with Gasteiger partial charge in [-0.2, -0.15) is 0 Å². The van der Waals surface area contributed by atoms with Gasteiger partial charge in [-0.1, -0.05) is 17.7 Å². The molecule has 0 saturated heterocycles. The van der Waals surface area contributed by atoms with Crippen LogP contribution in [0.2, 0.25) is 5.15 Å². The average molecular weight is 392 g/mol. The minimum absolute atomic E-state index is 0.0570. The molecule has 134 valence electrons. The average Bonchev–Trinajstić information content (AvgIpc) is 2.65. The van der Waals surface area contributed by atoms with Crippen LogP contribution in [0.5, 0.6) is 5.75 Å². The maximum absolute atomic E-state index is 13.7. The highest BCUT2D eigenvalue weighted by Crippen LogP contribution is 2.25. The predicted octanol–water partition coefficient (Wildman–Crippen LogP) is 5.11. The van der Waals surface area contributed by atoms with Gasteiger partial charge < -0.3 is 9.47 Å². The summed E-state index contributed by atoms with van der Waals surface area (Å²) in [6.07, 6.45) is 1.98. The zero-order valence-electron chi connectivity index (χ0n) is 14.1. The standard InChI is InChI=1S/C19H15ClFNO3S/c1-24-17-6-4-12(8-15(17)21)19(23)25-10-13-7-11-3-5-14(26-2)9-16(11)22-18(13)20/h3-9H,10H2,1-2H3. The van der Waals surface area contributed by atoms with Crippen LogP contribution in [-0.4, -0.2) is 24.3 Å². The van der Waals surface area contributed by atoms with Crippen LogP contribution < -0.4 is 4.74 Å². The van der Waals surface area contributed by atoms with Crippen molar-refractivity contribution in [2.45, 2.75) is 11.5 Å². The summed E-state index contributed by atoms with van der Waals surface area (Å²) in [5.41, 5.74) is 1.45. The van der Waals surface area contributed by atoms with E-state index in [1.165, 1.54) is 19.2 Å². The van der Waals surface area contributed by atoms with Crippen LogP contribution in [0.3, 0.4) is 0 Å². The summed E-state index contributed by atoms with van der Waals surface area (Å²) in [4.78, 5) is 17.6. The van der Waals surface area contributed by atoms with Crippen LogP contribution in [-0.2, 0) is 11.3 Å². The van der Waals surface area contributed by atoms with E-state index >= 15 is 0 Å². The molecule has 0 aliphatic rings. The molecule has 3 rings (SSSR count). The third kappa shape index (κ3) is 3.92. The predicted molar refractivity (Wildman–Crippen MR) is 101 cm³/mol. The second-order valence-electron chi connectivity index (χ2n) is 5.42. The van der Waals surface area contributed by atoms with Gasteiger partial charge in [0.05, 0.1) is 18.2 Å². The van der Waals surface area contributed by atoms with Crippen LogP contribution in [0.1, 0.15) is 15.9 Å². The molecule has 0 unspecified atom stereocenters. The van der Waals surface area contributed by atoms with Crippen molar-refractivity contribution in [3.05, 3.63) is 64.6 Å². The molecular formula is C19H15ClFNO3S. The largest absolute Gasteiger partial charge is 0.494 e. The Morgan fingerprint density at radius 1 is 1.23 bits per heavy atom. The highest BCUT2D eigenvalue weighted by molar-refractivity contribution is 7.98. The van der Waals surface area contributed by atoms with E-state index < -0.39 is 11.8 Å². The molecule has 0 N–H and O–H groups in total. The molecule has 4 nitrogen and oxygen atoms in total. The van der Waals surface area contributed by atoms with Crippen molar-refractivity contribution in [1.29, 1.82) is 0 Å². The molecule has 0 radical (unpaired) electrons. The number of carbonyl (C=O) groups is 1. The van der Waals surface area contributed by atoms with Crippen molar-refractivity contribution in [3.63, 3.8) is 0 Å². The molecule has 0 amide bonds. The van der Waals surface area contributed by atoms with E-state index in [1.807, 2.05) is 30.5 Å². The number of methoxy groups -OCH3 is 1. The molecule has 0 aliphatic heterocycles. The number of fused-ring (bicyclic) bond motifs is 1. The van der Waals surface area contributed by atoms with Gasteiger partial charge in [0.15, 0.2) is 11.6 Å². The van der Waals surface area contributed by atoms with Crippen LogP contribution in [0.4, 0.5) is 4.39 Å². The monoisotopic (exact) mass is 391 g/mol. The zero-order valence-corrected chi connectivity index (χ0v) is 15.7. The lowest BCUT2D eigenvalue weighted by Crippen LogP contribution is -2.06. The van der Waals surface area contributed by atoms with E-state index in [0.29, 0.717) is 5.56 Å². The van der Waals surface area contributed by atoms with Gasteiger partial charge in [0.25, 0.3) is 0 Å². The molecule has 0 aliphatic carbocycles. The van der Waals surface area contributed by atoms with Crippen LogP contribution in [0, 0.1) is 5.82 Å². The fraction of sp³-hybridized carbons (Fsp3) is 0.158. The highest BCUT2D eigenvalue weighted by Gasteiger charge is 2.13. The Labute approximate surface area is 159 Å². The number of pyridine rings is 1. The van der Waals surface area contributed by atoms with E-state index in [-0.39, 0.29) is 23.1 Å². The van der Waals surface area contributed by atoms with Gasteiger partial charge >= 0.3 is 5.97 Å². The Morgan fingerprint density at radius 2 is 2.04 bits per heavy atom. The van der Waals surface area contributed by atoms with Crippen molar-refractivity contribution in [1.82, 2.24) is 4.98 Å². The summed E-state index contributed by atoms with van der Waals surface area (Å²) in [5.74, 6) is -1.22. The van der Waals surface area contributed by atoms with Crippen molar-refractivity contribution in [2.75, 3.05) is 13.4 Å². The lowest BCUT2D eigenvalue weighted by atomic mass is 10.1. The zero-order chi connectivity index (χ0) is 18.7. The minimum Gasteiger partial charge on any atom is -0.494 e. The lowest BCUT2D eigenvalue weighted by Gasteiger charge is -2.09. The molecule has 0 spiro atoms. The van der Waals surface area contributed by atoms with Gasteiger partial charge in [-0.05, 0) is 42.7 Å². The number of thioether (sulfide) groups is 1. The first-order valence-electron chi connectivity index (χ1n) is 7.65. The molecule has 2 aromatic carbocycles. The quantitative estimate of drug-likeness (QED) is 0.343. The van der Waals surface area contributed by atoms with Gasteiger partial charge in [-0.3, -0.25) is 0 Å². The van der Waals surface area contributed by atoms with Gasteiger partial charge in [0.1, 0.15) is 11.8 Å². The van der Waals surface area contributed by atoms with Crippen LogP contribution in [0.25, 0.3) is 10.9 Å². The molecule has 0 atom stereocenters. The number of hydrogen-bond donors (Lipinski definition) is 0. The van der Waals surface area contributed by atoms with Gasteiger partial charge in [0.2, 0.25) is 0 Å². The second kappa shape index (κ2) is 7.93. The maximum atomic E-state index is 13.7. The molecule has 0 saturated carbocycles. The maximum Gasteiger partial charge on any atom is 0.338 e. The summed E-state index contributed by atoms with van der Waals surface area (Å²) < 4.78 is 23.8.